The molecule has 3 heteroatoms. The van der Waals surface area contributed by atoms with Gasteiger partial charge in [0, 0.05) is 18.4 Å². The van der Waals surface area contributed by atoms with Crippen LogP contribution < -0.4 is 5.73 Å². The molecule has 0 atom stereocenters. The lowest BCUT2D eigenvalue weighted by Crippen LogP contribution is -2.12. The van der Waals surface area contributed by atoms with Crippen LogP contribution in [0, 0.1) is 0 Å². The molecule has 1 fully saturated rings. The number of hydrogen-bond donors (Lipinski definition) is 1. The normalized spacial score (nSPS) is 20.3. The van der Waals surface area contributed by atoms with Gasteiger partial charge in [-0.2, -0.15) is 0 Å². The van der Waals surface area contributed by atoms with Crippen LogP contribution >= 0.6 is 0 Å². The van der Waals surface area contributed by atoms with Gasteiger partial charge in [0.25, 0.3) is 0 Å². The fourth-order valence-corrected chi connectivity index (χ4v) is 2.35. The first kappa shape index (κ1) is 9.56. The summed E-state index contributed by atoms with van der Waals surface area (Å²) in [7, 11) is 0. The summed E-state index contributed by atoms with van der Waals surface area (Å²) in [6.45, 7) is 0. The predicted octanol–water partition coefficient (Wildman–Crippen LogP) is 2.75. The number of nitrogens with two attached hydrogens (primary N) is 1. The Morgan fingerprint density at radius 1 is 1.14 bits per heavy atom. The minimum absolute atomic E-state index is 0.595. The number of hydrogen-bond acceptors (Lipinski definition) is 2. The maximum absolute atomic E-state index is 5.81. The van der Waals surface area contributed by atoms with E-state index in [2.05, 4.69) is 9.55 Å². The molecule has 0 spiro atoms. The summed E-state index contributed by atoms with van der Waals surface area (Å²) in [5, 5.41) is 0. The van der Waals surface area contributed by atoms with Crippen LogP contribution in [0.15, 0.2) is 12.4 Å². The summed E-state index contributed by atoms with van der Waals surface area (Å²) in [6, 6.07) is 0.595. The topological polar surface area (TPSA) is 43.8 Å². The molecule has 0 amide bonds. The molecule has 0 radical (unpaired) electrons. The molecule has 14 heavy (non-hydrogen) atoms. The molecule has 2 rings (SSSR count). The summed E-state index contributed by atoms with van der Waals surface area (Å²) in [6.07, 6.45) is 13.2. The van der Waals surface area contributed by atoms with Crippen molar-refractivity contribution in [2.24, 2.45) is 0 Å². The van der Waals surface area contributed by atoms with E-state index in [4.69, 9.17) is 5.73 Å². The van der Waals surface area contributed by atoms with E-state index in [1.165, 1.54) is 44.9 Å². The molecule has 1 aromatic heterocycles. The van der Waals surface area contributed by atoms with Crippen LogP contribution in [0.5, 0.6) is 0 Å². The van der Waals surface area contributed by atoms with E-state index in [0.29, 0.717) is 12.0 Å². The molecule has 78 valence electrons. The second-order valence-electron chi connectivity index (χ2n) is 4.19. The third-order valence-electron chi connectivity index (χ3n) is 3.17. The van der Waals surface area contributed by atoms with Gasteiger partial charge in [0.15, 0.2) is 5.95 Å². The molecule has 0 saturated heterocycles. The van der Waals surface area contributed by atoms with Crippen molar-refractivity contribution < 1.29 is 0 Å². The Balaban J connectivity index is 2.04. The average molecular weight is 193 g/mol. The van der Waals surface area contributed by atoms with Crippen LogP contribution in [-0.4, -0.2) is 9.55 Å². The first-order chi connectivity index (χ1) is 6.88. The lowest BCUT2D eigenvalue weighted by atomic mass is 9.96. The monoisotopic (exact) mass is 193 g/mol. The van der Waals surface area contributed by atoms with Gasteiger partial charge in [0.05, 0.1) is 0 Å². The Bertz CT molecular complexity index is 272. The molecule has 0 bridgehead atoms. The standard InChI is InChI=1S/C11H19N3/c12-11-13-8-9-14(11)10-6-4-2-1-3-5-7-10/h8-10H,1-7H2,(H2,12,13). The van der Waals surface area contributed by atoms with E-state index in [9.17, 15) is 0 Å². The van der Waals surface area contributed by atoms with E-state index < -0.39 is 0 Å². The van der Waals surface area contributed by atoms with E-state index in [0.717, 1.165) is 0 Å². The summed E-state index contributed by atoms with van der Waals surface area (Å²) in [4.78, 5) is 4.09. The van der Waals surface area contributed by atoms with Gasteiger partial charge in [-0.25, -0.2) is 4.98 Å². The average Bonchev–Trinajstić information content (AvgIpc) is 2.51. The molecule has 3 nitrogen and oxygen atoms in total. The number of nitrogen functional groups attached to an aromatic ring is 1. The van der Waals surface area contributed by atoms with Crippen molar-refractivity contribution in [3.05, 3.63) is 12.4 Å². The van der Waals surface area contributed by atoms with Gasteiger partial charge in [-0.15, -0.1) is 0 Å². The Hall–Kier alpha value is -0.990. The minimum Gasteiger partial charge on any atom is -0.369 e. The molecular weight excluding hydrogens is 174 g/mol. The van der Waals surface area contributed by atoms with Crippen LogP contribution in [0.25, 0.3) is 0 Å². The SMILES string of the molecule is Nc1nccn1C1CCCCCCC1. The Morgan fingerprint density at radius 2 is 1.79 bits per heavy atom. The molecule has 1 heterocycles. The Kier molecular flexibility index (Phi) is 3.07. The smallest absolute Gasteiger partial charge is 0.200 e. The van der Waals surface area contributed by atoms with E-state index in [1.54, 1.807) is 6.20 Å². The van der Waals surface area contributed by atoms with Gasteiger partial charge < -0.3 is 10.3 Å². The van der Waals surface area contributed by atoms with Crippen molar-refractivity contribution in [1.29, 1.82) is 0 Å². The highest BCUT2D eigenvalue weighted by atomic mass is 15.2. The number of rotatable bonds is 1. The van der Waals surface area contributed by atoms with Crippen molar-refractivity contribution in [1.82, 2.24) is 9.55 Å². The Morgan fingerprint density at radius 3 is 2.36 bits per heavy atom. The maximum Gasteiger partial charge on any atom is 0.200 e. The van der Waals surface area contributed by atoms with Crippen molar-refractivity contribution in [2.75, 3.05) is 5.73 Å². The molecule has 0 aliphatic heterocycles. The van der Waals surface area contributed by atoms with E-state index in [1.807, 2.05) is 6.20 Å². The number of imidazole rings is 1. The first-order valence-electron chi connectivity index (χ1n) is 5.66. The van der Waals surface area contributed by atoms with Gasteiger partial charge in [-0.1, -0.05) is 32.1 Å². The van der Waals surface area contributed by atoms with Crippen molar-refractivity contribution in [3.63, 3.8) is 0 Å². The predicted molar refractivity (Wildman–Crippen MR) is 58.0 cm³/mol. The summed E-state index contributed by atoms with van der Waals surface area (Å²) < 4.78 is 2.14. The van der Waals surface area contributed by atoms with E-state index >= 15 is 0 Å². The van der Waals surface area contributed by atoms with Gasteiger partial charge in [0.1, 0.15) is 0 Å². The first-order valence-corrected chi connectivity index (χ1v) is 5.66. The minimum atomic E-state index is 0.595. The maximum atomic E-state index is 5.81. The van der Waals surface area contributed by atoms with Crippen molar-refractivity contribution in [2.45, 2.75) is 51.0 Å². The van der Waals surface area contributed by atoms with Crippen LogP contribution in [0.3, 0.4) is 0 Å². The van der Waals surface area contributed by atoms with Gasteiger partial charge in [-0.3, -0.25) is 0 Å². The van der Waals surface area contributed by atoms with Gasteiger partial charge in [-0.05, 0) is 12.8 Å². The highest BCUT2D eigenvalue weighted by Crippen LogP contribution is 2.27. The number of aromatic nitrogens is 2. The summed E-state index contributed by atoms with van der Waals surface area (Å²) in [5.41, 5.74) is 5.81. The molecule has 1 aliphatic rings. The molecule has 1 saturated carbocycles. The third-order valence-corrected chi connectivity index (χ3v) is 3.17. The molecule has 0 unspecified atom stereocenters. The Labute approximate surface area is 85.3 Å². The largest absolute Gasteiger partial charge is 0.369 e. The molecule has 0 aromatic carbocycles. The fraction of sp³-hybridized carbons (Fsp3) is 0.727. The quantitative estimate of drug-likeness (QED) is 0.745. The second-order valence-corrected chi connectivity index (χ2v) is 4.19. The highest BCUT2D eigenvalue weighted by molar-refractivity contribution is 5.17. The number of nitrogens with zero attached hydrogens (tertiary/aromatic N) is 2. The van der Waals surface area contributed by atoms with Crippen LogP contribution in [0.4, 0.5) is 5.95 Å². The highest BCUT2D eigenvalue weighted by Gasteiger charge is 2.14. The van der Waals surface area contributed by atoms with Crippen LogP contribution in [-0.2, 0) is 0 Å². The molecular formula is C11H19N3. The van der Waals surface area contributed by atoms with Crippen molar-refractivity contribution in [3.8, 4) is 0 Å². The lowest BCUT2D eigenvalue weighted by Gasteiger charge is -2.21. The summed E-state index contributed by atoms with van der Waals surface area (Å²) in [5.74, 6) is 0.676. The lowest BCUT2D eigenvalue weighted by molar-refractivity contribution is 0.375. The van der Waals surface area contributed by atoms with Crippen molar-refractivity contribution >= 4 is 5.95 Å². The zero-order chi connectivity index (χ0) is 9.80. The van der Waals surface area contributed by atoms with Crippen LogP contribution in [0.2, 0.25) is 0 Å². The molecule has 1 aliphatic carbocycles. The fourth-order valence-electron chi connectivity index (χ4n) is 2.35. The number of anilines is 1. The zero-order valence-corrected chi connectivity index (χ0v) is 8.65. The molecule has 1 aromatic rings. The zero-order valence-electron chi connectivity index (χ0n) is 8.65. The van der Waals surface area contributed by atoms with Gasteiger partial charge >= 0.3 is 0 Å². The van der Waals surface area contributed by atoms with E-state index in [-0.39, 0.29) is 0 Å². The summed E-state index contributed by atoms with van der Waals surface area (Å²) >= 11 is 0. The molecule has 2 N–H and O–H groups in total. The van der Waals surface area contributed by atoms with Gasteiger partial charge in [0.2, 0.25) is 0 Å². The van der Waals surface area contributed by atoms with Crippen LogP contribution in [0.1, 0.15) is 51.0 Å². The second kappa shape index (κ2) is 4.49. The third kappa shape index (κ3) is 2.08.